The van der Waals surface area contributed by atoms with E-state index < -0.39 is 16.1 Å². The molecule has 196 valence electrons. The Hall–Kier alpha value is -3.72. The van der Waals surface area contributed by atoms with Crippen LogP contribution in [-0.2, 0) is 16.6 Å². The van der Waals surface area contributed by atoms with E-state index in [0.717, 1.165) is 24.0 Å². The largest absolute Gasteiger partial charge is 0.387 e. The lowest BCUT2D eigenvalue weighted by Crippen LogP contribution is -2.42. The molecule has 0 aliphatic heterocycles. The predicted octanol–water partition coefficient (Wildman–Crippen LogP) is 5.48. The summed E-state index contributed by atoms with van der Waals surface area (Å²) in [6, 6.07) is 27.7. The number of benzene rings is 4. The summed E-state index contributed by atoms with van der Waals surface area (Å²) in [5.41, 5.74) is 2.88. The van der Waals surface area contributed by atoms with Crippen molar-refractivity contribution in [3.63, 3.8) is 0 Å². The van der Waals surface area contributed by atoms with Crippen LogP contribution in [0.1, 0.15) is 31.9 Å². The van der Waals surface area contributed by atoms with Crippen molar-refractivity contribution in [2.45, 2.75) is 43.4 Å². The van der Waals surface area contributed by atoms with Crippen molar-refractivity contribution in [1.82, 2.24) is 14.9 Å². The van der Waals surface area contributed by atoms with Crippen LogP contribution in [0, 0.1) is 0 Å². The zero-order valence-corrected chi connectivity index (χ0v) is 22.3. The molecule has 1 heterocycles. The summed E-state index contributed by atoms with van der Waals surface area (Å²) in [5, 5.41) is 16.7. The Labute approximate surface area is 223 Å². The van der Waals surface area contributed by atoms with Crippen LogP contribution in [0.2, 0.25) is 0 Å². The highest BCUT2D eigenvalue weighted by atomic mass is 32.2. The van der Waals surface area contributed by atoms with E-state index in [4.69, 9.17) is 0 Å². The topological polar surface area (TPSA) is 96.2 Å². The molecule has 5 rings (SSSR count). The molecule has 8 heteroatoms. The lowest BCUT2D eigenvalue weighted by atomic mass is 9.99. The third-order valence-corrected chi connectivity index (χ3v) is 8.21. The summed E-state index contributed by atoms with van der Waals surface area (Å²) < 4.78 is 30.1. The Morgan fingerprint density at radius 1 is 0.921 bits per heavy atom. The average molecular weight is 529 g/mol. The van der Waals surface area contributed by atoms with Gasteiger partial charge in [0, 0.05) is 24.3 Å². The van der Waals surface area contributed by atoms with Crippen molar-refractivity contribution in [2.24, 2.45) is 0 Å². The maximum atomic E-state index is 12.7. The molecule has 4 aromatic carbocycles. The van der Waals surface area contributed by atoms with E-state index in [1.165, 1.54) is 10.8 Å². The highest BCUT2D eigenvalue weighted by Crippen LogP contribution is 2.24. The van der Waals surface area contributed by atoms with Gasteiger partial charge in [0.05, 0.1) is 28.4 Å². The molecular formula is C30H32N4O3S. The van der Waals surface area contributed by atoms with E-state index in [-0.39, 0.29) is 10.4 Å². The molecule has 0 bridgehead atoms. The van der Waals surface area contributed by atoms with Crippen LogP contribution in [0.5, 0.6) is 0 Å². The number of aryl methyl sites for hydroxylation is 1. The van der Waals surface area contributed by atoms with Gasteiger partial charge < -0.3 is 15.0 Å². The van der Waals surface area contributed by atoms with Gasteiger partial charge in [-0.25, -0.2) is 13.4 Å². The lowest BCUT2D eigenvalue weighted by Gasteiger charge is -2.28. The second-order valence-corrected chi connectivity index (χ2v) is 11.9. The fourth-order valence-electron chi connectivity index (χ4n) is 4.52. The van der Waals surface area contributed by atoms with Gasteiger partial charge in [-0.15, -0.1) is 0 Å². The fourth-order valence-corrected chi connectivity index (χ4v) is 5.59. The number of hydrogen-bond acceptors (Lipinski definition) is 5. The monoisotopic (exact) mass is 528 g/mol. The second-order valence-electron chi connectivity index (χ2n) is 10.2. The molecule has 0 radical (unpaired) electrons. The van der Waals surface area contributed by atoms with E-state index in [0.29, 0.717) is 17.8 Å². The summed E-state index contributed by atoms with van der Waals surface area (Å²) in [4.78, 5) is 4.78. The number of nitrogens with zero attached hydrogens (tertiary/aromatic N) is 2. The molecular weight excluding hydrogens is 496 g/mol. The van der Waals surface area contributed by atoms with Gasteiger partial charge in [0.1, 0.15) is 0 Å². The van der Waals surface area contributed by atoms with Crippen molar-refractivity contribution in [2.75, 3.05) is 11.3 Å². The molecule has 0 amide bonds. The summed E-state index contributed by atoms with van der Waals surface area (Å²) in [7, 11) is -3.70. The molecule has 0 saturated carbocycles. The molecule has 0 spiro atoms. The first-order chi connectivity index (χ1) is 18.2. The minimum Gasteiger partial charge on any atom is -0.387 e. The minimum absolute atomic E-state index is 0.188. The predicted molar refractivity (Wildman–Crippen MR) is 153 cm³/mol. The van der Waals surface area contributed by atoms with Crippen molar-refractivity contribution in [1.29, 1.82) is 0 Å². The first kappa shape index (κ1) is 25.9. The van der Waals surface area contributed by atoms with Crippen molar-refractivity contribution in [3.05, 3.63) is 103 Å². The van der Waals surface area contributed by atoms with Crippen LogP contribution in [0.15, 0.2) is 102 Å². The van der Waals surface area contributed by atoms with Gasteiger partial charge in [-0.1, -0.05) is 54.6 Å². The molecule has 1 atom stereocenters. The second kappa shape index (κ2) is 10.6. The van der Waals surface area contributed by atoms with Crippen LogP contribution < -0.4 is 10.0 Å². The highest BCUT2D eigenvalue weighted by molar-refractivity contribution is 7.92. The number of anilines is 1. The van der Waals surface area contributed by atoms with E-state index in [2.05, 4.69) is 57.7 Å². The van der Waals surface area contributed by atoms with Gasteiger partial charge in [-0.3, -0.25) is 4.72 Å². The third kappa shape index (κ3) is 5.88. The molecule has 3 N–H and O–H groups in total. The van der Waals surface area contributed by atoms with Gasteiger partial charge in [0.2, 0.25) is 0 Å². The number of nitrogens with one attached hydrogen (secondary N) is 2. The summed E-state index contributed by atoms with van der Waals surface area (Å²) in [5.74, 6) is 0. The number of β-amino-alcohol motifs (C(OH)–C–C–N with tert-alkyl or cyclic N) is 1. The van der Waals surface area contributed by atoms with Crippen LogP contribution >= 0.6 is 0 Å². The number of imidazole rings is 1. The standard InChI is InChI=1S/C30H32N4O3S/c1-30(2,15-16-34-21-31-27-18-22-9-6-7-10-23(22)19-28(27)34)32-20-29(35)24-11-8-12-25(17-24)33-38(36,37)26-13-4-3-5-14-26/h3-14,17-19,21,29,32-33,35H,15-16,20H2,1-2H3. The van der Waals surface area contributed by atoms with Crippen LogP contribution in [0.25, 0.3) is 21.8 Å². The quantitative estimate of drug-likeness (QED) is 0.223. The normalized spacial score (nSPS) is 13.1. The van der Waals surface area contributed by atoms with Crippen LogP contribution in [-0.4, -0.2) is 35.2 Å². The van der Waals surface area contributed by atoms with Gasteiger partial charge in [0.15, 0.2) is 0 Å². The highest BCUT2D eigenvalue weighted by Gasteiger charge is 2.20. The van der Waals surface area contributed by atoms with E-state index in [1.54, 1.807) is 54.6 Å². The molecule has 38 heavy (non-hydrogen) atoms. The zero-order valence-electron chi connectivity index (χ0n) is 21.5. The van der Waals surface area contributed by atoms with Crippen molar-refractivity contribution >= 4 is 37.5 Å². The Morgan fingerprint density at radius 3 is 2.39 bits per heavy atom. The van der Waals surface area contributed by atoms with Crippen LogP contribution in [0.4, 0.5) is 5.69 Å². The Balaban J connectivity index is 1.20. The molecule has 0 fully saturated rings. The van der Waals surface area contributed by atoms with Gasteiger partial charge >= 0.3 is 0 Å². The smallest absolute Gasteiger partial charge is 0.261 e. The number of fused-ring (bicyclic) bond motifs is 2. The lowest BCUT2D eigenvalue weighted by molar-refractivity contribution is 0.158. The number of hydrogen-bond donors (Lipinski definition) is 3. The van der Waals surface area contributed by atoms with Crippen molar-refractivity contribution < 1.29 is 13.5 Å². The van der Waals surface area contributed by atoms with Gasteiger partial charge in [-0.2, -0.15) is 0 Å². The summed E-state index contributed by atoms with van der Waals surface area (Å²) >= 11 is 0. The fraction of sp³-hybridized carbons (Fsp3) is 0.233. The zero-order chi connectivity index (χ0) is 26.8. The van der Waals surface area contributed by atoms with E-state index in [1.807, 2.05) is 18.5 Å². The third-order valence-electron chi connectivity index (χ3n) is 6.82. The minimum atomic E-state index is -3.70. The summed E-state index contributed by atoms with van der Waals surface area (Å²) in [6.07, 6.45) is 1.92. The number of sulfonamides is 1. The molecule has 7 nitrogen and oxygen atoms in total. The summed E-state index contributed by atoms with van der Waals surface area (Å²) in [6.45, 7) is 5.33. The molecule has 0 saturated heterocycles. The molecule has 0 aliphatic carbocycles. The first-order valence-electron chi connectivity index (χ1n) is 12.6. The number of aliphatic hydroxyl groups excluding tert-OH is 1. The average Bonchev–Trinajstić information content (AvgIpc) is 3.31. The van der Waals surface area contributed by atoms with Gasteiger partial charge in [0.25, 0.3) is 10.0 Å². The maximum absolute atomic E-state index is 12.7. The SMILES string of the molecule is CC(C)(CCn1cnc2cc3ccccc3cc21)NCC(O)c1cccc(NS(=O)(=O)c2ccccc2)c1. The van der Waals surface area contributed by atoms with E-state index >= 15 is 0 Å². The first-order valence-corrected chi connectivity index (χ1v) is 14.1. The Bertz CT molecular complexity index is 1660. The maximum Gasteiger partial charge on any atom is 0.261 e. The Morgan fingerprint density at radius 2 is 1.63 bits per heavy atom. The van der Waals surface area contributed by atoms with E-state index in [9.17, 15) is 13.5 Å². The number of aliphatic hydroxyl groups is 1. The number of aromatic nitrogens is 2. The molecule has 5 aromatic rings. The van der Waals surface area contributed by atoms with Crippen molar-refractivity contribution in [3.8, 4) is 0 Å². The molecule has 1 aromatic heterocycles. The molecule has 1 unspecified atom stereocenters. The van der Waals surface area contributed by atoms with Crippen LogP contribution in [0.3, 0.4) is 0 Å². The Kier molecular flexibility index (Phi) is 7.21. The molecule has 0 aliphatic rings. The van der Waals surface area contributed by atoms with Gasteiger partial charge in [-0.05, 0) is 73.0 Å². The number of rotatable bonds is 10.